The molecule has 13 heteroatoms. The quantitative estimate of drug-likeness (QED) is 0.726. The highest BCUT2D eigenvalue weighted by Crippen LogP contribution is 2.28. The molecule has 3 heterocycles. The molecule has 158 valence electrons. The van der Waals surface area contributed by atoms with E-state index in [1.807, 2.05) is 0 Å². The van der Waals surface area contributed by atoms with E-state index in [2.05, 4.69) is 25.8 Å². The zero-order chi connectivity index (χ0) is 21.3. The summed E-state index contributed by atoms with van der Waals surface area (Å²) in [6.45, 7) is 2.73. The maximum atomic E-state index is 14.8. The van der Waals surface area contributed by atoms with Crippen molar-refractivity contribution in [2.24, 2.45) is 12.1 Å². The molecule has 30 heavy (non-hydrogen) atoms. The molecule has 1 N–H and O–H groups in total. The maximum absolute atomic E-state index is 14.8. The van der Waals surface area contributed by atoms with Crippen LogP contribution in [0.25, 0.3) is 0 Å². The minimum Gasteiger partial charge on any atom is -0.442 e. The number of hydrogen-bond acceptors (Lipinski definition) is 9. The van der Waals surface area contributed by atoms with Gasteiger partial charge in [-0.3, -0.25) is 9.69 Å². The number of amides is 2. The number of carbonyl (C=O) groups is 2. The van der Waals surface area contributed by atoms with Crippen LogP contribution in [0, 0.1) is 5.82 Å². The smallest absolute Gasteiger partial charge is 0.414 e. The van der Waals surface area contributed by atoms with E-state index in [9.17, 15) is 14.0 Å². The van der Waals surface area contributed by atoms with Gasteiger partial charge in [0, 0.05) is 13.5 Å². The topological polar surface area (TPSA) is 121 Å². The van der Waals surface area contributed by atoms with E-state index in [0.717, 1.165) is 0 Å². The molecule has 12 nitrogen and oxygen atoms in total. The molecule has 2 aliphatic rings. The van der Waals surface area contributed by atoms with E-state index in [4.69, 9.17) is 4.74 Å². The van der Waals surface area contributed by atoms with Crippen LogP contribution >= 0.6 is 0 Å². The number of nitrogens with one attached hydrogen (secondary N) is 1. The average Bonchev–Trinajstić information content (AvgIpc) is 3.32. The minimum atomic E-state index is -0.579. The van der Waals surface area contributed by atoms with Crippen LogP contribution < -0.4 is 20.1 Å². The Morgan fingerprint density at radius 2 is 2.20 bits per heavy atom. The van der Waals surface area contributed by atoms with Gasteiger partial charge in [0.25, 0.3) is 5.95 Å². The van der Waals surface area contributed by atoms with Gasteiger partial charge in [-0.05, 0) is 23.4 Å². The summed E-state index contributed by atoms with van der Waals surface area (Å²) in [5, 5.41) is 20.2. The van der Waals surface area contributed by atoms with Crippen LogP contribution in [0.1, 0.15) is 6.92 Å². The van der Waals surface area contributed by atoms with Crippen molar-refractivity contribution in [1.29, 1.82) is 0 Å². The van der Waals surface area contributed by atoms with Crippen molar-refractivity contribution >= 4 is 35.7 Å². The number of hydrazone groups is 1. The average molecular weight is 417 g/mol. The number of aromatic nitrogens is 4. The van der Waals surface area contributed by atoms with Crippen LogP contribution in [0.15, 0.2) is 23.3 Å². The fourth-order valence-corrected chi connectivity index (χ4v) is 3.15. The van der Waals surface area contributed by atoms with E-state index in [0.29, 0.717) is 30.4 Å². The number of aryl methyl sites for hydroxylation is 1. The Morgan fingerprint density at radius 1 is 1.37 bits per heavy atom. The first-order valence-electron chi connectivity index (χ1n) is 9.25. The normalized spacial score (nSPS) is 18.7. The number of halogens is 1. The molecule has 0 radical (unpaired) electrons. The Kier molecular flexibility index (Phi) is 5.16. The number of benzene rings is 1. The van der Waals surface area contributed by atoms with Gasteiger partial charge in [-0.25, -0.2) is 14.2 Å². The number of tetrazole rings is 1. The Morgan fingerprint density at radius 3 is 2.83 bits per heavy atom. The van der Waals surface area contributed by atoms with Gasteiger partial charge in [-0.2, -0.15) is 9.90 Å². The summed E-state index contributed by atoms with van der Waals surface area (Å²) in [5.41, 5.74) is 0.711. The third-order valence-corrected chi connectivity index (χ3v) is 4.62. The second-order valence-corrected chi connectivity index (χ2v) is 6.82. The third kappa shape index (κ3) is 3.99. The molecule has 4 rings (SSSR count). The van der Waals surface area contributed by atoms with E-state index in [1.165, 1.54) is 29.0 Å². The molecule has 1 saturated heterocycles. The highest BCUT2D eigenvalue weighted by Gasteiger charge is 2.33. The predicted octanol–water partition coefficient (Wildman–Crippen LogP) is 0.0804. The zero-order valence-electron chi connectivity index (χ0n) is 16.4. The van der Waals surface area contributed by atoms with Crippen LogP contribution in [-0.4, -0.2) is 70.8 Å². The molecule has 1 aromatic carbocycles. The van der Waals surface area contributed by atoms with Gasteiger partial charge in [0.05, 0.1) is 38.1 Å². The molecule has 2 aliphatic heterocycles. The number of hydrogen-bond donors (Lipinski definition) is 1. The van der Waals surface area contributed by atoms with E-state index < -0.39 is 18.0 Å². The number of ether oxygens (including phenoxy) is 1. The molecule has 1 aromatic heterocycles. The first-order valence-corrected chi connectivity index (χ1v) is 9.25. The molecule has 2 aromatic rings. The monoisotopic (exact) mass is 417 g/mol. The summed E-state index contributed by atoms with van der Waals surface area (Å²) >= 11 is 0. The van der Waals surface area contributed by atoms with Crippen LogP contribution in [0.4, 0.5) is 26.5 Å². The lowest BCUT2D eigenvalue weighted by Gasteiger charge is -2.28. The van der Waals surface area contributed by atoms with Gasteiger partial charge in [-0.1, -0.05) is 5.10 Å². The number of nitrogens with zero attached hydrogens (tertiary/aromatic N) is 8. The Labute approximate surface area is 170 Å². The fourth-order valence-electron chi connectivity index (χ4n) is 3.15. The lowest BCUT2D eigenvalue weighted by Crippen LogP contribution is -2.38. The number of rotatable bonds is 5. The van der Waals surface area contributed by atoms with Crippen molar-refractivity contribution in [3.63, 3.8) is 0 Å². The highest BCUT2D eigenvalue weighted by molar-refractivity contribution is 5.90. The molecule has 1 atom stereocenters. The molecular weight excluding hydrogens is 397 g/mol. The standard InChI is InChI=1S/C17H20FN9O3/c1-11(28)19-8-13-9-26(17(29)30-13)12-3-4-15(14(18)7-12)25-5-6-27(20-10-25)16-21-23-24(2)22-16/h3-4,7,10,13H,5-6,8-9H2,1-2H3,(H,19,28)/t13-/m0/s1. The van der Waals surface area contributed by atoms with E-state index in [-0.39, 0.29) is 19.0 Å². The second-order valence-electron chi connectivity index (χ2n) is 6.82. The summed E-state index contributed by atoms with van der Waals surface area (Å²) in [5.74, 6) is -0.342. The van der Waals surface area contributed by atoms with Crippen molar-refractivity contribution in [3.05, 3.63) is 24.0 Å². The van der Waals surface area contributed by atoms with Crippen molar-refractivity contribution in [1.82, 2.24) is 25.5 Å². The predicted molar refractivity (Wildman–Crippen MR) is 105 cm³/mol. The molecule has 0 spiro atoms. The van der Waals surface area contributed by atoms with Gasteiger partial charge in [0.15, 0.2) is 0 Å². The number of anilines is 3. The van der Waals surface area contributed by atoms with E-state index >= 15 is 0 Å². The molecule has 0 bridgehead atoms. The lowest BCUT2D eigenvalue weighted by molar-refractivity contribution is -0.119. The van der Waals surface area contributed by atoms with Crippen LogP contribution in [0.3, 0.4) is 0 Å². The third-order valence-electron chi connectivity index (χ3n) is 4.62. The zero-order valence-corrected chi connectivity index (χ0v) is 16.4. The lowest BCUT2D eigenvalue weighted by atomic mass is 10.2. The SMILES string of the molecule is CC(=O)NC[C@H]1CN(c2ccc(N3C=NN(c4nnn(C)n4)CC3)c(F)c2)C(=O)O1. The summed E-state index contributed by atoms with van der Waals surface area (Å²) < 4.78 is 20.0. The van der Waals surface area contributed by atoms with E-state index in [1.54, 1.807) is 29.1 Å². The molecule has 2 amide bonds. The van der Waals surface area contributed by atoms with Crippen LogP contribution in [-0.2, 0) is 16.6 Å². The summed E-state index contributed by atoms with van der Waals surface area (Å²) in [7, 11) is 1.66. The number of carbonyl (C=O) groups excluding carboxylic acids is 2. The van der Waals surface area contributed by atoms with Gasteiger partial charge < -0.3 is 15.0 Å². The molecule has 0 aliphatic carbocycles. The first-order chi connectivity index (χ1) is 14.4. The molecule has 1 fully saturated rings. The van der Waals surface area contributed by atoms with Gasteiger partial charge in [0.2, 0.25) is 5.91 Å². The van der Waals surface area contributed by atoms with Crippen LogP contribution in [0.2, 0.25) is 0 Å². The van der Waals surface area contributed by atoms with Crippen molar-refractivity contribution < 1.29 is 18.7 Å². The van der Waals surface area contributed by atoms with Crippen molar-refractivity contribution in [2.45, 2.75) is 13.0 Å². The molecule has 0 saturated carbocycles. The molecular formula is C17H20FN9O3. The second kappa shape index (κ2) is 7.93. The Hall–Kier alpha value is -3.77. The minimum absolute atomic E-state index is 0.208. The van der Waals surface area contributed by atoms with Crippen molar-refractivity contribution in [2.75, 3.05) is 41.0 Å². The summed E-state index contributed by atoms with van der Waals surface area (Å²) in [4.78, 5) is 27.5. The summed E-state index contributed by atoms with van der Waals surface area (Å²) in [6, 6.07) is 4.51. The van der Waals surface area contributed by atoms with Crippen LogP contribution in [0.5, 0.6) is 0 Å². The highest BCUT2D eigenvalue weighted by atomic mass is 19.1. The summed E-state index contributed by atoms with van der Waals surface area (Å²) in [6.07, 6.45) is 0.425. The Bertz CT molecular complexity index is 995. The van der Waals surface area contributed by atoms with Gasteiger partial charge >= 0.3 is 6.09 Å². The van der Waals surface area contributed by atoms with Gasteiger partial charge in [-0.15, -0.1) is 5.10 Å². The first kappa shape index (κ1) is 19.5. The molecule has 0 unspecified atom stereocenters. The largest absolute Gasteiger partial charge is 0.442 e. The number of cyclic esters (lactones) is 1. The van der Waals surface area contributed by atoms with Crippen molar-refractivity contribution in [3.8, 4) is 0 Å². The fraction of sp³-hybridized carbons (Fsp3) is 0.412. The maximum Gasteiger partial charge on any atom is 0.414 e. The Balaban J connectivity index is 1.44. The van der Waals surface area contributed by atoms with Gasteiger partial charge in [0.1, 0.15) is 18.3 Å².